The SMILES string of the molecule is O=C(c1ccc(F)cc1Cl)N1C[C@H]2CC[C@@H](C1)N2c1cc(S(=O)(=O)N2CCC(c3ccccc3)CC2)cc2[nH]cnc12. The lowest BCUT2D eigenvalue weighted by Gasteiger charge is -2.42. The number of amides is 1. The fraction of sp³-hybridized carbons (Fsp3) is 0.355. The van der Waals surface area contributed by atoms with Gasteiger partial charge in [-0.3, -0.25) is 4.79 Å². The second-order valence-electron chi connectivity index (χ2n) is 11.5. The van der Waals surface area contributed by atoms with Crippen molar-refractivity contribution in [1.29, 1.82) is 0 Å². The number of hydrogen-bond donors (Lipinski definition) is 1. The summed E-state index contributed by atoms with van der Waals surface area (Å²) in [5.74, 6) is -0.362. The molecule has 4 aromatic rings. The lowest BCUT2D eigenvalue weighted by molar-refractivity contribution is 0.0718. The second kappa shape index (κ2) is 10.7. The van der Waals surface area contributed by atoms with Crippen LogP contribution in [0.2, 0.25) is 5.02 Å². The first-order chi connectivity index (χ1) is 20.3. The number of aromatic nitrogens is 2. The van der Waals surface area contributed by atoms with Crippen LogP contribution in [0, 0.1) is 5.82 Å². The zero-order valence-electron chi connectivity index (χ0n) is 22.9. The number of piperazine rings is 1. The number of imidazole rings is 1. The molecule has 2 bridgehead atoms. The maximum absolute atomic E-state index is 13.9. The number of carbonyl (C=O) groups excluding carboxylic acids is 1. The summed E-state index contributed by atoms with van der Waals surface area (Å²) in [6.45, 7) is 1.85. The summed E-state index contributed by atoms with van der Waals surface area (Å²) in [5.41, 5.74) is 3.69. The molecule has 0 spiro atoms. The number of nitrogens with one attached hydrogen (secondary N) is 1. The Hall–Kier alpha value is -3.47. The minimum Gasteiger partial charge on any atom is -0.360 e. The molecular weight excluding hydrogens is 577 g/mol. The molecule has 0 radical (unpaired) electrons. The molecule has 0 saturated carbocycles. The number of piperidine rings is 1. The fourth-order valence-electron chi connectivity index (χ4n) is 6.95. The highest BCUT2D eigenvalue weighted by Crippen LogP contribution is 2.40. The molecular formula is C31H31ClFN5O3S. The lowest BCUT2D eigenvalue weighted by atomic mass is 9.90. The largest absolute Gasteiger partial charge is 0.360 e. The number of fused-ring (bicyclic) bond motifs is 3. The van der Waals surface area contributed by atoms with Crippen molar-refractivity contribution in [3.8, 4) is 0 Å². The summed E-state index contributed by atoms with van der Waals surface area (Å²) in [7, 11) is -3.73. The average Bonchev–Trinajstić information content (AvgIpc) is 3.58. The van der Waals surface area contributed by atoms with E-state index in [1.54, 1.807) is 27.7 Å². The van der Waals surface area contributed by atoms with Gasteiger partial charge in [0.05, 0.1) is 33.0 Å². The van der Waals surface area contributed by atoms with E-state index in [4.69, 9.17) is 11.6 Å². The summed E-state index contributed by atoms with van der Waals surface area (Å²) >= 11 is 6.20. The van der Waals surface area contributed by atoms with Crippen LogP contribution in [0.1, 0.15) is 47.5 Å². The van der Waals surface area contributed by atoms with E-state index in [1.165, 1.54) is 17.7 Å². The van der Waals surface area contributed by atoms with Gasteiger partial charge in [0, 0.05) is 38.3 Å². The number of sulfonamides is 1. The number of rotatable bonds is 5. The number of hydrogen-bond acceptors (Lipinski definition) is 5. The number of carbonyl (C=O) groups is 1. The van der Waals surface area contributed by atoms with Gasteiger partial charge >= 0.3 is 0 Å². The molecule has 0 aliphatic carbocycles. The Morgan fingerprint density at radius 1 is 0.952 bits per heavy atom. The maximum Gasteiger partial charge on any atom is 0.255 e. The Morgan fingerprint density at radius 2 is 1.67 bits per heavy atom. The lowest BCUT2D eigenvalue weighted by Crippen LogP contribution is -2.55. The number of likely N-dealkylation sites (tertiary alicyclic amines) is 1. The predicted octanol–water partition coefficient (Wildman–Crippen LogP) is 5.42. The predicted molar refractivity (Wildman–Crippen MR) is 160 cm³/mol. The van der Waals surface area contributed by atoms with Gasteiger partial charge in [-0.15, -0.1) is 0 Å². The maximum atomic E-state index is 13.9. The molecule has 3 saturated heterocycles. The minimum absolute atomic E-state index is 0.00797. The molecule has 2 atom stereocenters. The molecule has 4 heterocycles. The molecule has 8 nitrogen and oxygen atoms in total. The quantitative estimate of drug-likeness (QED) is 0.327. The van der Waals surface area contributed by atoms with E-state index >= 15 is 0 Å². The van der Waals surface area contributed by atoms with Crippen LogP contribution in [0.3, 0.4) is 0 Å². The highest BCUT2D eigenvalue weighted by atomic mass is 35.5. The average molecular weight is 608 g/mol. The monoisotopic (exact) mass is 607 g/mol. The smallest absolute Gasteiger partial charge is 0.255 e. The van der Waals surface area contributed by atoms with Crippen molar-refractivity contribution in [2.75, 3.05) is 31.1 Å². The van der Waals surface area contributed by atoms with Crippen molar-refractivity contribution in [2.24, 2.45) is 0 Å². The van der Waals surface area contributed by atoms with Gasteiger partial charge in [0.15, 0.2) is 0 Å². The zero-order valence-corrected chi connectivity index (χ0v) is 24.5. The van der Waals surface area contributed by atoms with E-state index in [9.17, 15) is 17.6 Å². The van der Waals surface area contributed by atoms with Crippen molar-refractivity contribution in [1.82, 2.24) is 19.2 Å². The molecule has 7 rings (SSSR count). The van der Waals surface area contributed by atoms with Gasteiger partial charge in [0.2, 0.25) is 10.0 Å². The minimum atomic E-state index is -3.73. The Labute approximate surface area is 249 Å². The first-order valence-electron chi connectivity index (χ1n) is 14.3. The Kier molecular flexibility index (Phi) is 6.95. The van der Waals surface area contributed by atoms with Crippen LogP contribution in [-0.4, -0.2) is 71.8 Å². The fourth-order valence-corrected chi connectivity index (χ4v) is 8.72. The molecule has 1 N–H and O–H groups in total. The Bertz CT molecular complexity index is 1740. The first kappa shape index (κ1) is 27.4. The van der Waals surface area contributed by atoms with E-state index in [0.29, 0.717) is 37.6 Å². The van der Waals surface area contributed by atoms with E-state index < -0.39 is 15.8 Å². The molecule has 1 amide bonds. The van der Waals surface area contributed by atoms with Crippen LogP contribution in [0.5, 0.6) is 0 Å². The van der Waals surface area contributed by atoms with Crippen LogP contribution in [0.15, 0.2) is 71.9 Å². The molecule has 42 heavy (non-hydrogen) atoms. The van der Waals surface area contributed by atoms with E-state index in [-0.39, 0.29) is 33.5 Å². The topological polar surface area (TPSA) is 89.6 Å². The molecule has 0 unspecified atom stereocenters. The molecule has 1 aromatic heterocycles. The van der Waals surface area contributed by atoms with Crippen molar-refractivity contribution < 1.29 is 17.6 Å². The molecule has 3 aliphatic rings. The van der Waals surface area contributed by atoms with Crippen molar-refractivity contribution in [3.05, 3.63) is 89.0 Å². The Morgan fingerprint density at radius 3 is 2.36 bits per heavy atom. The number of benzene rings is 3. The number of halogens is 2. The standard InChI is InChI=1S/C31H31ClFN5O3S/c32-27-14-22(33)6-9-26(27)31(39)36-17-23-7-8-24(18-36)38(23)29-16-25(15-28-30(29)35-19-34-28)42(40,41)37-12-10-21(11-13-37)20-4-2-1-3-5-20/h1-6,9,14-16,19,21,23-24H,7-8,10-13,17-18H2,(H,34,35)/t23-,24+. The van der Waals surface area contributed by atoms with Crippen LogP contribution in [0.4, 0.5) is 10.1 Å². The highest BCUT2D eigenvalue weighted by molar-refractivity contribution is 7.89. The van der Waals surface area contributed by atoms with Gasteiger partial charge in [-0.1, -0.05) is 41.9 Å². The molecule has 3 fully saturated rings. The summed E-state index contributed by atoms with van der Waals surface area (Å²) in [6.07, 6.45) is 4.87. The van der Waals surface area contributed by atoms with E-state index in [0.717, 1.165) is 43.0 Å². The van der Waals surface area contributed by atoms with Crippen LogP contribution < -0.4 is 4.90 Å². The second-order valence-corrected chi connectivity index (χ2v) is 13.8. The van der Waals surface area contributed by atoms with Crippen molar-refractivity contribution in [3.63, 3.8) is 0 Å². The third-order valence-corrected chi connectivity index (χ3v) is 11.2. The van der Waals surface area contributed by atoms with Crippen molar-refractivity contribution in [2.45, 2.75) is 48.6 Å². The van der Waals surface area contributed by atoms with Gasteiger partial charge in [-0.05, 0) is 67.5 Å². The van der Waals surface area contributed by atoms with Crippen LogP contribution in [-0.2, 0) is 10.0 Å². The number of aromatic amines is 1. The highest BCUT2D eigenvalue weighted by Gasteiger charge is 2.43. The molecule has 218 valence electrons. The Balaban J connectivity index is 1.15. The summed E-state index contributed by atoms with van der Waals surface area (Å²) < 4.78 is 43.1. The van der Waals surface area contributed by atoms with E-state index in [1.807, 2.05) is 18.2 Å². The van der Waals surface area contributed by atoms with Gasteiger partial charge in [-0.2, -0.15) is 4.31 Å². The van der Waals surface area contributed by atoms with Gasteiger partial charge < -0.3 is 14.8 Å². The molecule has 11 heteroatoms. The van der Waals surface area contributed by atoms with Crippen LogP contribution in [0.25, 0.3) is 11.0 Å². The summed E-state index contributed by atoms with van der Waals surface area (Å²) in [6, 6.07) is 17.5. The molecule has 3 aliphatic heterocycles. The number of H-pyrrole nitrogens is 1. The van der Waals surface area contributed by atoms with Crippen molar-refractivity contribution >= 4 is 44.3 Å². The number of anilines is 1. The summed E-state index contributed by atoms with van der Waals surface area (Å²) in [4.78, 5) is 25.3. The zero-order chi connectivity index (χ0) is 29.0. The van der Waals surface area contributed by atoms with Crippen LogP contribution >= 0.6 is 11.6 Å². The number of nitrogens with zero attached hydrogens (tertiary/aromatic N) is 4. The van der Waals surface area contributed by atoms with Gasteiger partial charge in [0.25, 0.3) is 5.91 Å². The van der Waals surface area contributed by atoms with Gasteiger partial charge in [0.1, 0.15) is 11.3 Å². The normalized spacial score (nSPS) is 21.8. The van der Waals surface area contributed by atoms with Gasteiger partial charge in [-0.25, -0.2) is 17.8 Å². The third-order valence-electron chi connectivity index (χ3n) is 9.05. The molecule has 3 aromatic carbocycles. The first-order valence-corrected chi connectivity index (χ1v) is 16.2. The van der Waals surface area contributed by atoms with E-state index in [2.05, 4.69) is 27.0 Å². The summed E-state index contributed by atoms with van der Waals surface area (Å²) in [5, 5.41) is 0.0960. The third kappa shape index (κ3) is 4.75.